The Bertz CT molecular complexity index is 865. The molecular weight excluding hydrogens is 484 g/mol. The molecule has 2 amide bonds. The number of carbonyl (C=O) groups excluding carboxylic acids is 2. The van der Waals surface area contributed by atoms with Crippen molar-refractivity contribution in [2.75, 3.05) is 33.4 Å². The molecule has 210 valence electrons. The number of aliphatic hydroxyl groups excluding tert-OH is 1. The van der Waals surface area contributed by atoms with Gasteiger partial charge in [-0.3, -0.25) is 14.4 Å². The van der Waals surface area contributed by atoms with Crippen molar-refractivity contribution in [1.82, 2.24) is 10.6 Å². The Morgan fingerprint density at radius 3 is 2.41 bits per heavy atom. The van der Waals surface area contributed by atoms with Gasteiger partial charge in [0.25, 0.3) is 16.9 Å². The average Bonchev–Trinajstić information content (AvgIpc) is 2.83. The summed E-state index contributed by atoms with van der Waals surface area (Å²) >= 11 is 0. The Kier molecular flexibility index (Phi) is 13.9. The first-order valence-electron chi connectivity index (χ1n) is 12.4. The molecule has 1 aromatic rings. The Morgan fingerprint density at radius 2 is 1.78 bits per heavy atom. The summed E-state index contributed by atoms with van der Waals surface area (Å²) in [6.45, 7) is 7.74. The minimum Gasteiger partial charge on any atom is -0.493 e. The van der Waals surface area contributed by atoms with E-state index in [2.05, 4.69) is 15.5 Å². The molecule has 0 saturated heterocycles. The second-order valence-corrected chi connectivity index (χ2v) is 9.76. The van der Waals surface area contributed by atoms with Crippen molar-refractivity contribution in [1.29, 1.82) is 0 Å². The lowest BCUT2D eigenvalue weighted by atomic mass is 9.87. The second kappa shape index (κ2) is 16.0. The van der Waals surface area contributed by atoms with E-state index < -0.39 is 28.7 Å². The number of carbonyl (C=O) groups is 2. The van der Waals surface area contributed by atoms with Crippen molar-refractivity contribution in [3.05, 3.63) is 39.9 Å². The highest BCUT2D eigenvalue weighted by atomic mass is 17.0. The van der Waals surface area contributed by atoms with Crippen molar-refractivity contribution in [2.45, 2.75) is 64.7 Å². The molecule has 0 saturated carbocycles. The molecule has 0 bridgehead atoms. The number of benzene rings is 1. The van der Waals surface area contributed by atoms with Gasteiger partial charge in [0.1, 0.15) is 5.75 Å². The maximum Gasteiger partial charge on any atom is 0.295 e. The maximum absolute atomic E-state index is 12.9. The molecule has 0 radical (unpaired) electrons. The Morgan fingerprint density at radius 1 is 1.14 bits per heavy atom. The number of para-hydroxylation sites is 1. The summed E-state index contributed by atoms with van der Waals surface area (Å²) in [5.74, 6) is -0.422. The molecule has 0 heterocycles. The van der Waals surface area contributed by atoms with Gasteiger partial charge >= 0.3 is 0 Å². The first-order valence-corrected chi connectivity index (χ1v) is 12.4. The number of nitrogens with two attached hydrogens (primary N) is 1. The summed E-state index contributed by atoms with van der Waals surface area (Å²) in [5.41, 5.74) is 4.91. The number of nitrogens with one attached hydrogen (secondary N) is 2. The van der Waals surface area contributed by atoms with Crippen LogP contribution in [0.3, 0.4) is 0 Å². The van der Waals surface area contributed by atoms with Crippen LogP contribution in [0, 0.1) is 22.0 Å². The van der Waals surface area contributed by atoms with Gasteiger partial charge in [0.15, 0.2) is 5.60 Å². The van der Waals surface area contributed by atoms with E-state index in [1.54, 1.807) is 25.3 Å². The van der Waals surface area contributed by atoms with Crippen molar-refractivity contribution in [3.63, 3.8) is 0 Å². The van der Waals surface area contributed by atoms with Gasteiger partial charge in [0, 0.05) is 32.8 Å². The number of unbranched alkanes of at least 4 members (excludes halogenated alkanes) is 1. The highest BCUT2D eigenvalue weighted by Gasteiger charge is 2.33. The minimum atomic E-state index is -1.71. The van der Waals surface area contributed by atoms with Gasteiger partial charge in [-0.1, -0.05) is 26.0 Å². The number of methoxy groups -OCH3 is 1. The molecule has 1 aromatic carbocycles. The van der Waals surface area contributed by atoms with Crippen LogP contribution in [-0.4, -0.2) is 73.2 Å². The standard InChI is InChI=1S/C25H42N4O8/c1-17(2)18(14-20(26)21(30)16-28-24(32)25(3,4)37-29(33)34)15-27-23(31)19-10-6-7-11-22(19)36-13-9-8-12-35-5/h6-7,10-11,17-18,20-21,30H,8-9,12-16,26H2,1-5H3,(H,27,31)(H,28,32)/t18-,20+,21+/m1/s1. The number of amides is 2. The van der Waals surface area contributed by atoms with Crippen LogP contribution in [0.2, 0.25) is 0 Å². The number of hydrogen-bond donors (Lipinski definition) is 4. The third kappa shape index (κ3) is 11.8. The predicted molar refractivity (Wildman–Crippen MR) is 137 cm³/mol. The van der Waals surface area contributed by atoms with Crippen LogP contribution in [0.15, 0.2) is 24.3 Å². The van der Waals surface area contributed by atoms with Gasteiger partial charge in [-0.15, -0.1) is 10.1 Å². The fourth-order valence-corrected chi connectivity index (χ4v) is 3.52. The van der Waals surface area contributed by atoms with Crippen LogP contribution >= 0.6 is 0 Å². The molecule has 1 rings (SSSR count). The summed E-state index contributed by atoms with van der Waals surface area (Å²) in [6, 6.07) is 6.33. The van der Waals surface area contributed by atoms with Crippen molar-refractivity contribution >= 4 is 11.8 Å². The fraction of sp³-hybridized carbons (Fsp3) is 0.680. The highest BCUT2D eigenvalue weighted by Crippen LogP contribution is 2.21. The average molecular weight is 527 g/mol. The molecular formula is C25H42N4O8. The predicted octanol–water partition coefficient (Wildman–Crippen LogP) is 1.68. The summed E-state index contributed by atoms with van der Waals surface area (Å²) in [5, 5.41) is 25.3. The topological polar surface area (TPSA) is 175 Å². The summed E-state index contributed by atoms with van der Waals surface area (Å²) < 4.78 is 10.8. The third-order valence-electron chi connectivity index (χ3n) is 5.99. The molecule has 0 aromatic heterocycles. The van der Waals surface area contributed by atoms with E-state index in [1.807, 2.05) is 19.9 Å². The van der Waals surface area contributed by atoms with Crippen molar-refractivity contribution in [2.24, 2.45) is 17.6 Å². The summed E-state index contributed by atoms with van der Waals surface area (Å²) in [4.78, 5) is 40.0. The first kappa shape index (κ1) is 32.1. The van der Waals surface area contributed by atoms with Gasteiger partial charge in [0.2, 0.25) is 0 Å². The van der Waals surface area contributed by atoms with Gasteiger partial charge < -0.3 is 30.9 Å². The van der Waals surface area contributed by atoms with E-state index in [9.17, 15) is 24.8 Å². The molecule has 0 unspecified atom stereocenters. The molecule has 0 aliphatic rings. The van der Waals surface area contributed by atoms with E-state index in [1.165, 1.54) is 13.8 Å². The quantitative estimate of drug-likeness (QED) is 0.126. The lowest BCUT2D eigenvalue weighted by molar-refractivity contribution is -0.774. The van der Waals surface area contributed by atoms with E-state index in [4.69, 9.17) is 15.2 Å². The van der Waals surface area contributed by atoms with E-state index in [0.717, 1.165) is 12.8 Å². The molecule has 0 aliphatic heterocycles. The summed E-state index contributed by atoms with van der Waals surface area (Å²) in [7, 11) is 1.65. The lowest BCUT2D eigenvalue weighted by Crippen LogP contribution is -2.51. The first-order chi connectivity index (χ1) is 17.4. The Balaban J connectivity index is 2.64. The number of ether oxygens (including phenoxy) is 2. The molecule has 0 fully saturated rings. The molecule has 0 aliphatic carbocycles. The maximum atomic E-state index is 12.9. The number of rotatable bonds is 18. The number of hydrogen-bond acceptors (Lipinski definition) is 9. The van der Waals surface area contributed by atoms with E-state index in [-0.39, 0.29) is 24.3 Å². The molecule has 37 heavy (non-hydrogen) atoms. The van der Waals surface area contributed by atoms with Crippen LogP contribution in [0.25, 0.3) is 0 Å². The molecule has 3 atom stereocenters. The smallest absolute Gasteiger partial charge is 0.295 e. The van der Waals surface area contributed by atoms with Crippen LogP contribution in [0.5, 0.6) is 5.75 Å². The molecule has 0 spiro atoms. The molecule has 12 nitrogen and oxygen atoms in total. The monoisotopic (exact) mass is 526 g/mol. The third-order valence-corrected chi connectivity index (χ3v) is 5.99. The molecule has 12 heteroatoms. The van der Waals surface area contributed by atoms with Gasteiger partial charge in [0.05, 0.1) is 18.3 Å². The zero-order valence-corrected chi connectivity index (χ0v) is 22.4. The highest BCUT2D eigenvalue weighted by molar-refractivity contribution is 5.96. The number of nitrogens with zero attached hydrogens (tertiary/aromatic N) is 1. The zero-order valence-electron chi connectivity index (χ0n) is 22.4. The van der Waals surface area contributed by atoms with Crippen LogP contribution in [-0.2, 0) is 14.4 Å². The van der Waals surface area contributed by atoms with Gasteiger partial charge in [-0.2, -0.15) is 0 Å². The van der Waals surface area contributed by atoms with E-state index >= 15 is 0 Å². The minimum absolute atomic E-state index is 0.0549. The van der Waals surface area contributed by atoms with Crippen molar-refractivity contribution < 1.29 is 34.1 Å². The largest absolute Gasteiger partial charge is 0.493 e. The van der Waals surface area contributed by atoms with Crippen LogP contribution in [0.4, 0.5) is 0 Å². The normalized spacial score (nSPS) is 13.9. The summed E-state index contributed by atoms with van der Waals surface area (Å²) in [6.07, 6.45) is 0.947. The number of aliphatic hydroxyl groups is 1. The SMILES string of the molecule is COCCCCOc1ccccc1C(=O)NC[C@@H](C[C@H](N)[C@@H](O)CNC(=O)C(C)(C)O[N+](=O)[O-])C(C)C. The van der Waals surface area contributed by atoms with Gasteiger partial charge in [-0.05, 0) is 57.1 Å². The van der Waals surface area contributed by atoms with Crippen LogP contribution < -0.4 is 21.1 Å². The Hall–Kier alpha value is -2.96. The van der Waals surface area contributed by atoms with Crippen molar-refractivity contribution in [3.8, 4) is 5.75 Å². The van der Waals surface area contributed by atoms with Crippen LogP contribution in [0.1, 0.15) is 57.3 Å². The van der Waals surface area contributed by atoms with E-state index in [0.29, 0.717) is 37.5 Å². The fourth-order valence-electron chi connectivity index (χ4n) is 3.52. The zero-order chi connectivity index (χ0) is 28.0. The van der Waals surface area contributed by atoms with Gasteiger partial charge in [-0.25, -0.2) is 0 Å². The second-order valence-electron chi connectivity index (χ2n) is 9.76. The molecule has 5 N–H and O–H groups in total. The lowest BCUT2D eigenvalue weighted by Gasteiger charge is -2.28. The Labute approximate surface area is 218 Å².